The fourth-order valence-electron chi connectivity index (χ4n) is 5.67. The van der Waals surface area contributed by atoms with Crippen molar-refractivity contribution in [3.05, 3.63) is 0 Å². The zero-order chi connectivity index (χ0) is 22.6. The van der Waals surface area contributed by atoms with E-state index in [2.05, 4.69) is 5.32 Å². The van der Waals surface area contributed by atoms with Crippen molar-refractivity contribution in [2.24, 2.45) is 17.8 Å². The molecule has 3 aliphatic heterocycles. The largest absolute Gasteiger partial charge is 0.466 e. The van der Waals surface area contributed by atoms with E-state index >= 15 is 0 Å². The molecule has 170 valence electrons. The number of nitrogens with one attached hydrogen (secondary N) is 1. The number of hydrogen-bond acceptors (Lipinski definition) is 6. The van der Waals surface area contributed by atoms with E-state index < -0.39 is 39.0 Å². The summed E-state index contributed by atoms with van der Waals surface area (Å²) in [5.41, 5.74) is -0.460. The van der Waals surface area contributed by atoms with E-state index in [1.54, 1.807) is 23.6 Å². The van der Waals surface area contributed by atoms with Crippen molar-refractivity contribution in [3.63, 3.8) is 0 Å². The van der Waals surface area contributed by atoms with Gasteiger partial charge in [0.2, 0.25) is 11.8 Å². The summed E-state index contributed by atoms with van der Waals surface area (Å²) < 4.78 is 4.26. The maximum atomic E-state index is 13.8. The van der Waals surface area contributed by atoms with Gasteiger partial charge in [0, 0.05) is 10.3 Å². The number of carbonyl (C=O) groups is 3. The van der Waals surface area contributed by atoms with Crippen LogP contribution >= 0.6 is 11.8 Å². The number of aliphatic hydroxyl groups is 1. The molecule has 0 radical (unpaired) electrons. The molecule has 2 unspecified atom stereocenters. The number of fused-ring (bicyclic) bond motifs is 1. The van der Waals surface area contributed by atoms with E-state index in [1.807, 2.05) is 41.5 Å². The van der Waals surface area contributed by atoms with Gasteiger partial charge in [0.1, 0.15) is 6.04 Å². The normalized spacial score (nSPS) is 36.2. The van der Waals surface area contributed by atoms with Gasteiger partial charge in [-0.2, -0.15) is 0 Å². The lowest BCUT2D eigenvalue weighted by molar-refractivity contribution is -0.155. The summed E-state index contributed by atoms with van der Waals surface area (Å²) in [4.78, 5) is 42.0. The van der Waals surface area contributed by atoms with Gasteiger partial charge in [-0.3, -0.25) is 14.4 Å². The summed E-state index contributed by atoms with van der Waals surface area (Å²) in [7, 11) is 0. The number of nitrogens with zero attached hydrogens (tertiary/aromatic N) is 1. The smallest absolute Gasteiger partial charge is 0.311 e. The maximum absolute atomic E-state index is 13.8. The van der Waals surface area contributed by atoms with Gasteiger partial charge in [-0.15, -0.1) is 11.8 Å². The van der Waals surface area contributed by atoms with Crippen molar-refractivity contribution in [2.75, 3.05) is 13.2 Å². The highest BCUT2D eigenvalue weighted by Crippen LogP contribution is 2.71. The molecule has 0 aromatic carbocycles. The number of rotatable bonds is 6. The lowest BCUT2D eigenvalue weighted by Gasteiger charge is -2.39. The quantitative estimate of drug-likeness (QED) is 0.613. The lowest BCUT2D eigenvalue weighted by Crippen LogP contribution is -2.60. The van der Waals surface area contributed by atoms with Crippen LogP contribution in [0.1, 0.15) is 61.3 Å². The minimum Gasteiger partial charge on any atom is -0.466 e. The van der Waals surface area contributed by atoms with Crippen LogP contribution in [0, 0.1) is 17.8 Å². The second-order valence-electron chi connectivity index (χ2n) is 10.5. The van der Waals surface area contributed by atoms with Crippen LogP contribution in [0.15, 0.2) is 0 Å². The molecule has 6 atom stereocenters. The number of esters is 1. The highest BCUT2D eigenvalue weighted by atomic mass is 32.2. The number of amides is 2. The first-order valence-corrected chi connectivity index (χ1v) is 11.8. The van der Waals surface area contributed by atoms with Crippen LogP contribution < -0.4 is 5.32 Å². The molecule has 3 heterocycles. The molecule has 3 aliphatic rings. The van der Waals surface area contributed by atoms with Gasteiger partial charge in [0.25, 0.3) is 0 Å². The van der Waals surface area contributed by atoms with E-state index in [-0.39, 0.29) is 36.9 Å². The van der Waals surface area contributed by atoms with Crippen molar-refractivity contribution in [2.45, 2.75) is 88.4 Å². The second-order valence-corrected chi connectivity index (χ2v) is 12.4. The summed E-state index contributed by atoms with van der Waals surface area (Å²) in [6.07, 6.45) is 1.44. The van der Waals surface area contributed by atoms with Crippen LogP contribution in [0.3, 0.4) is 0 Å². The Morgan fingerprint density at radius 2 is 1.97 bits per heavy atom. The molecule has 7 nitrogen and oxygen atoms in total. The predicted molar refractivity (Wildman–Crippen MR) is 116 cm³/mol. The average molecular weight is 441 g/mol. The Balaban J connectivity index is 2.12. The fourth-order valence-corrected chi connectivity index (χ4v) is 8.00. The Morgan fingerprint density at radius 3 is 2.47 bits per heavy atom. The fraction of sp³-hybridized carbons (Fsp3) is 0.864. The first-order valence-electron chi connectivity index (χ1n) is 10.9. The molecule has 0 saturated carbocycles. The number of ether oxygens (including phenoxy) is 1. The number of carbonyl (C=O) groups excluding carboxylic acids is 3. The van der Waals surface area contributed by atoms with Gasteiger partial charge in [-0.05, 0) is 53.4 Å². The predicted octanol–water partition coefficient (Wildman–Crippen LogP) is 1.96. The van der Waals surface area contributed by atoms with Crippen LogP contribution in [-0.2, 0) is 19.1 Å². The summed E-state index contributed by atoms with van der Waals surface area (Å²) in [5.74, 6) is -1.98. The van der Waals surface area contributed by atoms with Crippen LogP contribution in [-0.4, -0.2) is 68.1 Å². The molecule has 8 heteroatoms. The molecular weight excluding hydrogens is 404 g/mol. The molecule has 2 bridgehead atoms. The Bertz CT molecular complexity index is 736. The molecule has 3 saturated heterocycles. The Kier molecular flexibility index (Phi) is 6.00. The van der Waals surface area contributed by atoms with E-state index in [4.69, 9.17) is 4.74 Å². The standard InChI is InChI=1S/C22H36N2O5S/c1-8-29-19(28)15-14-18(27)24(13(11-25)12(2)3)16(17(26)23-20(4,5)6)22(14)10-9-21(15,7)30-22/h12-16,25H,8-11H2,1-7H3,(H,23,26)/t13-,14-,15-,16?,21+,22?/m0/s1. The molecule has 3 rings (SSSR count). The van der Waals surface area contributed by atoms with Crippen molar-refractivity contribution >= 4 is 29.5 Å². The first-order chi connectivity index (χ1) is 13.8. The van der Waals surface area contributed by atoms with Crippen LogP contribution in [0.25, 0.3) is 0 Å². The van der Waals surface area contributed by atoms with E-state index in [0.717, 1.165) is 6.42 Å². The van der Waals surface area contributed by atoms with E-state index in [0.29, 0.717) is 6.42 Å². The third-order valence-corrected chi connectivity index (χ3v) is 8.80. The van der Waals surface area contributed by atoms with Gasteiger partial charge in [-0.25, -0.2) is 0 Å². The first kappa shape index (κ1) is 23.4. The molecule has 2 amide bonds. The monoisotopic (exact) mass is 440 g/mol. The third kappa shape index (κ3) is 3.44. The zero-order valence-corrected chi connectivity index (χ0v) is 20.0. The summed E-state index contributed by atoms with van der Waals surface area (Å²) in [6.45, 7) is 13.4. The number of thioether (sulfide) groups is 1. The Morgan fingerprint density at radius 1 is 1.33 bits per heavy atom. The highest BCUT2D eigenvalue weighted by molar-refractivity contribution is 8.02. The van der Waals surface area contributed by atoms with Gasteiger partial charge in [0.15, 0.2) is 0 Å². The summed E-state index contributed by atoms with van der Waals surface area (Å²) >= 11 is 1.62. The van der Waals surface area contributed by atoms with E-state index in [9.17, 15) is 19.5 Å². The van der Waals surface area contributed by atoms with Crippen molar-refractivity contribution < 1.29 is 24.2 Å². The van der Waals surface area contributed by atoms with Gasteiger partial charge in [-0.1, -0.05) is 13.8 Å². The van der Waals surface area contributed by atoms with Crippen LogP contribution in [0.2, 0.25) is 0 Å². The number of hydrogen-bond donors (Lipinski definition) is 2. The molecule has 0 aliphatic carbocycles. The summed E-state index contributed by atoms with van der Waals surface area (Å²) in [5, 5.41) is 13.2. The molecule has 30 heavy (non-hydrogen) atoms. The zero-order valence-electron chi connectivity index (χ0n) is 19.2. The lowest BCUT2D eigenvalue weighted by atomic mass is 9.66. The number of likely N-dealkylation sites (tertiary alicyclic amines) is 1. The average Bonchev–Trinajstić information content (AvgIpc) is 3.16. The van der Waals surface area contributed by atoms with Crippen molar-refractivity contribution in [3.8, 4) is 0 Å². The van der Waals surface area contributed by atoms with Gasteiger partial charge in [0.05, 0.1) is 35.8 Å². The molecule has 0 aromatic heterocycles. The minimum absolute atomic E-state index is 0.0297. The minimum atomic E-state index is -0.722. The SMILES string of the molecule is CCOC(=O)[C@@H]1[C@H]2C(=O)N([C@@H](CO)C(C)C)C(C(=O)NC(C)(C)C)C23CC[C@@]1(C)S3. The van der Waals surface area contributed by atoms with Crippen molar-refractivity contribution in [1.82, 2.24) is 10.2 Å². The number of aliphatic hydroxyl groups excluding tert-OH is 1. The molecule has 0 aromatic rings. The molecule has 3 fully saturated rings. The summed E-state index contributed by atoms with van der Waals surface area (Å²) in [6, 6.07) is -1.21. The van der Waals surface area contributed by atoms with Crippen LogP contribution in [0.5, 0.6) is 0 Å². The molecule has 2 N–H and O–H groups in total. The van der Waals surface area contributed by atoms with Gasteiger partial charge < -0.3 is 20.1 Å². The Labute approximate surface area is 183 Å². The topological polar surface area (TPSA) is 95.9 Å². The third-order valence-electron chi connectivity index (χ3n) is 6.82. The second kappa shape index (κ2) is 7.69. The van der Waals surface area contributed by atoms with E-state index in [1.165, 1.54) is 0 Å². The van der Waals surface area contributed by atoms with Gasteiger partial charge >= 0.3 is 5.97 Å². The molecule has 1 spiro atoms. The Hall–Kier alpha value is -1.28. The van der Waals surface area contributed by atoms with Crippen molar-refractivity contribution in [1.29, 1.82) is 0 Å². The van der Waals surface area contributed by atoms with Crippen LogP contribution in [0.4, 0.5) is 0 Å². The molecular formula is C22H36N2O5S. The maximum Gasteiger partial charge on any atom is 0.311 e. The highest BCUT2D eigenvalue weighted by Gasteiger charge is 2.78.